The molecule has 3 nitrogen and oxygen atoms in total. The zero-order valence-corrected chi connectivity index (χ0v) is 10.4. The van der Waals surface area contributed by atoms with Crippen molar-refractivity contribution in [1.29, 1.82) is 0 Å². The van der Waals surface area contributed by atoms with Crippen molar-refractivity contribution >= 4 is 5.97 Å². The van der Waals surface area contributed by atoms with Crippen molar-refractivity contribution in [2.24, 2.45) is 16.7 Å². The fourth-order valence-corrected chi connectivity index (χ4v) is 2.50. The molecule has 0 heterocycles. The highest BCUT2D eigenvalue weighted by atomic mass is 16.4. The Morgan fingerprint density at radius 1 is 1.33 bits per heavy atom. The summed E-state index contributed by atoms with van der Waals surface area (Å²) >= 11 is 0. The third-order valence-corrected chi connectivity index (χ3v) is 4.47. The molecule has 1 aliphatic rings. The lowest BCUT2D eigenvalue weighted by atomic mass is 10.0. The van der Waals surface area contributed by atoms with E-state index in [0.29, 0.717) is 16.7 Å². The summed E-state index contributed by atoms with van der Waals surface area (Å²) in [6.07, 6.45) is 0.202. The van der Waals surface area contributed by atoms with Crippen molar-refractivity contribution in [3.8, 4) is 0 Å². The molecule has 3 heteroatoms. The van der Waals surface area contributed by atoms with Gasteiger partial charge in [0.2, 0.25) is 0 Å². The van der Waals surface area contributed by atoms with E-state index < -0.39 is 5.97 Å². The van der Waals surface area contributed by atoms with Gasteiger partial charge in [0.05, 0.1) is 6.42 Å². The molecule has 1 rings (SSSR count). The topological polar surface area (TPSA) is 49.3 Å². The fourth-order valence-electron chi connectivity index (χ4n) is 2.50. The number of rotatable bonds is 5. The van der Waals surface area contributed by atoms with E-state index in [1.807, 2.05) is 6.92 Å². The lowest BCUT2D eigenvalue weighted by Crippen LogP contribution is -2.31. The van der Waals surface area contributed by atoms with Gasteiger partial charge < -0.3 is 10.4 Å². The first-order chi connectivity index (χ1) is 6.69. The minimum atomic E-state index is -0.732. The molecule has 0 aromatic heterocycles. The monoisotopic (exact) mass is 213 g/mol. The van der Waals surface area contributed by atoms with Crippen molar-refractivity contribution in [1.82, 2.24) is 5.32 Å². The van der Waals surface area contributed by atoms with Gasteiger partial charge in [0.25, 0.3) is 0 Å². The smallest absolute Gasteiger partial charge is 0.304 e. The molecule has 15 heavy (non-hydrogen) atoms. The van der Waals surface area contributed by atoms with Gasteiger partial charge in [-0.3, -0.25) is 4.79 Å². The Morgan fingerprint density at radius 2 is 1.80 bits per heavy atom. The minimum absolute atomic E-state index is 0.0645. The summed E-state index contributed by atoms with van der Waals surface area (Å²) in [6.45, 7) is 12.0. The largest absolute Gasteiger partial charge is 0.481 e. The molecule has 1 saturated carbocycles. The first-order valence-electron chi connectivity index (χ1n) is 5.64. The predicted octanol–water partition coefficient (Wildman–Crippen LogP) is 2.12. The van der Waals surface area contributed by atoms with E-state index in [1.54, 1.807) is 0 Å². The van der Waals surface area contributed by atoms with E-state index in [-0.39, 0.29) is 12.5 Å². The second kappa shape index (κ2) is 3.78. The molecule has 0 aliphatic heterocycles. The van der Waals surface area contributed by atoms with Gasteiger partial charge in [-0.15, -0.1) is 0 Å². The Hall–Kier alpha value is -0.570. The van der Waals surface area contributed by atoms with Crippen LogP contribution in [0.2, 0.25) is 0 Å². The third-order valence-electron chi connectivity index (χ3n) is 4.47. The number of hydrogen-bond acceptors (Lipinski definition) is 2. The van der Waals surface area contributed by atoms with Crippen LogP contribution >= 0.6 is 0 Å². The van der Waals surface area contributed by atoms with Gasteiger partial charge in [-0.25, -0.2) is 0 Å². The van der Waals surface area contributed by atoms with Gasteiger partial charge in [0.15, 0.2) is 0 Å². The molecule has 0 saturated heterocycles. The Morgan fingerprint density at radius 3 is 2.13 bits per heavy atom. The Balaban J connectivity index is 2.31. The standard InChI is InChI=1S/C12H23NO2/c1-8(6-10(14)15)13-7-9-11(2,3)12(9,4)5/h8-9,13H,6-7H2,1-5H3,(H,14,15). The summed E-state index contributed by atoms with van der Waals surface area (Å²) in [7, 11) is 0. The third kappa shape index (κ3) is 2.33. The summed E-state index contributed by atoms with van der Waals surface area (Å²) in [5.41, 5.74) is 0.756. The number of hydrogen-bond donors (Lipinski definition) is 2. The molecule has 88 valence electrons. The zero-order valence-electron chi connectivity index (χ0n) is 10.4. The molecule has 2 N–H and O–H groups in total. The summed E-state index contributed by atoms with van der Waals surface area (Å²) in [4.78, 5) is 10.5. The first-order valence-corrected chi connectivity index (χ1v) is 5.64. The molecule has 1 aliphatic carbocycles. The van der Waals surface area contributed by atoms with Crippen molar-refractivity contribution in [2.45, 2.75) is 47.1 Å². The summed E-state index contributed by atoms with van der Waals surface area (Å²) in [5.74, 6) is -0.0782. The maximum Gasteiger partial charge on any atom is 0.304 e. The fraction of sp³-hybridized carbons (Fsp3) is 0.917. The maximum atomic E-state index is 10.5. The Bertz CT molecular complexity index is 244. The summed E-state index contributed by atoms with van der Waals surface area (Å²) in [6, 6.07) is 0.0645. The molecule has 0 amide bonds. The van der Waals surface area contributed by atoms with Crippen LogP contribution < -0.4 is 5.32 Å². The van der Waals surface area contributed by atoms with Gasteiger partial charge in [-0.05, 0) is 30.2 Å². The highest BCUT2D eigenvalue weighted by molar-refractivity contribution is 5.67. The van der Waals surface area contributed by atoms with Gasteiger partial charge in [-0.2, -0.15) is 0 Å². The van der Waals surface area contributed by atoms with Crippen LogP contribution in [0.4, 0.5) is 0 Å². The second-order valence-corrected chi connectivity index (χ2v) is 5.90. The van der Waals surface area contributed by atoms with Crippen LogP contribution in [-0.2, 0) is 4.79 Å². The van der Waals surface area contributed by atoms with Crippen LogP contribution in [0.15, 0.2) is 0 Å². The Labute approximate surface area is 92.3 Å². The van der Waals surface area contributed by atoms with E-state index in [4.69, 9.17) is 5.11 Å². The Kier molecular flexibility index (Phi) is 3.15. The predicted molar refractivity (Wildman–Crippen MR) is 60.8 cm³/mol. The van der Waals surface area contributed by atoms with Crippen molar-refractivity contribution in [3.05, 3.63) is 0 Å². The van der Waals surface area contributed by atoms with Crippen molar-refractivity contribution in [3.63, 3.8) is 0 Å². The lowest BCUT2D eigenvalue weighted by Gasteiger charge is -2.12. The van der Waals surface area contributed by atoms with E-state index in [2.05, 4.69) is 33.0 Å². The molecular weight excluding hydrogens is 190 g/mol. The van der Waals surface area contributed by atoms with Crippen LogP contribution in [0.3, 0.4) is 0 Å². The van der Waals surface area contributed by atoms with Crippen molar-refractivity contribution < 1.29 is 9.90 Å². The number of aliphatic carboxylic acids is 1. The van der Waals surface area contributed by atoms with E-state index in [1.165, 1.54) is 0 Å². The average molecular weight is 213 g/mol. The molecule has 0 spiro atoms. The van der Waals surface area contributed by atoms with Crippen LogP contribution in [0.5, 0.6) is 0 Å². The van der Waals surface area contributed by atoms with Gasteiger partial charge >= 0.3 is 5.97 Å². The van der Waals surface area contributed by atoms with E-state index in [9.17, 15) is 4.79 Å². The maximum absolute atomic E-state index is 10.5. The van der Waals surface area contributed by atoms with Gasteiger partial charge in [0, 0.05) is 6.04 Å². The van der Waals surface area contributed by atoms with E-state index >= 15 is 0 Å². The lowest BCUT2D eigenvalue weighted by molar-refractivity contribution is -0.137. The molecule has 1 fully saturated rings. The van der Waals surface area contributed by atoms with E-state index in [0.717, 1.165) is 6.54 Å². The molecule has 1 atom stereocenters. The van der Waals surface area contributed by atoms with Crippen LogP contribution in [-0.4, -0.2) is 23.7 Å². The van der Waals surface area contributed by atoms with Crippen LogP contribution in [0.1, 0.15) is 41.0 Å². The van der Waals surface area contributed by atoms with Crippen LogP contribution in [0, 0.1) is 16.7 Å². The zero-order chi connectivity index (χ0) is 11.9. The number of carboxylic acid groups (broad SMARTS) is 1. The number of carboxylic acids is 1. The highest BCUT2D eigenvalue weighted by Gasteiger charge is 2.63. The quantitative estimate of drug-likeness (QED) is 0.735. The van der Waals surface area contributed by atoms with Gasteiger partial charge in [0.1, 0.15) is 0 Å². The van der Waals surface area contributed by atoms with Crippen LogP contribution in [0.25, 0.3) is 0 Å². The molecular formula is C12H23NO2. The molecule has 0 radical (unpaired) electrons. The average Bonchev–Trinajstić information content (AvgIpc) is 2.38. The SMILES string of the molecule is CC(CC(=O)O)NCC1C(C)(C)C1(C)C. The second-order valence-electron chi connectivity index (χ2n) is 5.90. The molecule has 1 unspecified atom stereocenters. The molecule has 0 bridgehead atoms. The first kappa shape index (κ1) is 12.5. The van der Waals surface area contributed by atoms with Crippen molar-refractivity contribution in [2.75, 3.05) is 6.54 Å². The highest BCUT2D eigenvalue weighted by Crippen LogP contribution is 2.67. The molecule has 0 aromatic rings. The number of nitrogens with one attached hydrogen (secondary N) is 1. The van der Waals surface area contributed by atoms with Gasteiger partial charge in [-0.1, -0.05) is 27.7 Å². The normalized spacial score (nSPS) is 24.9. The molecule has 0 aromatic carbocycles. The summed E-state index contributed by atoms with van der Waals surface area (Å²) in [5, 5.41) is 11.9. The number of carbonyl (C=O) groups is 1. The summed E-state index contributed by atoms with van der Waals surface area (Å²) < 4.78 is 0. The minimum Gasteiger partial charge on any atom is -0.481 e.